The van der Waals surface area contributed by atoms with Crippen molar-refractivity contribution in [1.29, 1.82) is 0 Å². The molecule has 0 spiro atoms. The molecule has 2 aromatic carbocycles. The van der Waals surface area contributed by atoms with Crippen molar-refractivity contribution in [2.45, 2.75) is 6.54 Å². The molecule has 0 atom stereocenters. The number of halogens is 1. The highest BCUT2D eigenvalue weighted by Crippen LogP contribution is 2.22. The number of thiazole rings is 1. The number of benzene rings is 2. The molecule has 1 aromatic heterocycles. The fourth-order valence-electron chi connectivity index (χ4n) is 2.17. The molecule has 0 radical (unpaired) electrons. The molecule has 0 bridgehead atoms. The highest BCUT2D eigenvalue weighted by molar-refractivity contribution is 9.10. The van der Waals surface area contributed by atoms with E-state index >= 15 is 0 Å². The minimum absolute atomic E-state index is 0.232. The number of rotatable bonds is 3. The average Bonchev–Trinajstić information content (AvgIpc) is 2.85. The Balaban J connectivity index is 2.17. The van der Waals surface area contributed by atoms with Crippen LogP contribution >= 0.6 is 27.3 Å². The molecule has 1 amide bonds. The van der Waals surface area contributed by atoms with Crippen LogP contribution in [0.2, 0.25) is 0 Å². The molecular formula is C17H13BrN2OS. The molecule has 3 aromatic rings. The van der Waals surface area contributed by atoms with E-state index in [1.54, 1.807) is 18.2 Å². The Labute approximate surface area is 140 Å². The van der Waals surface area contributed by atoms with E-state index in [-0.39, 0.29) is 5.91 Å². The van der Waals surface area contributed by atoms with E-state index in [1.807, 2.05) is 41.0 Å². The highest BCUT2D eigenvalue weighted by atomic mass is 79.9. The molecule has 3 nitrogen and oxygen atoms in total. The van der Waals surface area contributed by atoms with Gasteiger partial charge in [0, 0.05) is 16.6 Å². The standard InChI is InChI=1S/C17H13BrN2OS/c1-2-10-20-14-9-8-13(18)11-15(14)22-17(20)19-16(21)12-6-4-3-5-7-12/h2-9,11H,1,10H2. The SMILES string of the molecule is C=CCn1c(=NC(=O)c2ccccc2)sc2cc(Br)ccc21. The highest BCUT2D eigenvalue weighted by Gasteiger charge is 2.08. The van der Waals surface area contributed by atoms with Gasteiger partial charge in [-0.1, -0.05) is 51.5 Å². The summed E-state index contributed by atoms with van der Waals surface area (Å²) < 4.78 is 4.09. The largest absolute Gasteiger partial charge is 0.312 e. The number of hydrogen-bond donors (Lipinski definition) is 0. The van der Waals surface area contributed by atoms with Gasteiger partial charge in [0.1, 0.15) is 0 Å². The van der Waals surface area contributed by atoms with Crippen molar-refractivity contribution in [2.75, 3.05) is 0 Å². The van der Waals surface area contributed by atoms with Crippen LogP contribution in [0.4, 0.5) is 0 Å². The van der Waals surface area contributed by atoms with Crippen molar-refractivity contribution < 1.29 is 4.79 Å². The Morgan fingerprint density at radius 2 is 2.05 bits per heavy atom. The van der Waals surface area contributed by atoms with Gasteiger partial charge in [-0.3, -0.25) is 4.79 Å². The lowest BCUT2D eigenvalue weighted by atomic mass is 10.2. The molecule has 0 aliphatic carbocycles. The van der Waals surface area contributed by atoms with Crippen molar-refractivity contribution in [2.24, 2.45) is 4.99 Å². The molecule has 0 N–H and O–H groups in total. The second kappa shape index (κ2) is 6.42. The first-order valence-corrected chi connectivity index (χ1v) is 8.34. The Hall–Kier alpha value is -1.98. The summed E-state index contributed by atoms with van der Waals surface area (Å²) in [5, 5.41) is 0. The van der Waals surface area contributed by atoms with Gasteiger partial charge in [0.15, 0.2) is 4.80 Å². The van der Waals surface area contributed by atoms with Crippen LogP contribution < -0.4 is 4.80 Å². The summed E-state index contributed by atoms with van der Waals surface area (Å²) in [5.74, 6) is -0.232. The van der Waals surface area contributed by atoms with Gasteiger partial charge in [-0.25, -0.2) is 0 Å². The summed E-state index contributed by atoms with van der Waals surface area (Å²) in [6.07, 6.45) is 1.81. The van der Waals surface area contributed by atoms with Crippen LogP contribution in [0.3, 0.4) is 0 Å². The Kier molecular flexibility index (Phi) is 4.36. The van der Waals surface area contributed by atoms with Gasteiger partial charge in [-0.2, -0.15) is 4.99 Å². The van der Waals surface area contributed by atoms with E-state index in [0.717, 1.165) is 14.7 Å². The predicted octanol–water partition coefficient (Wildman–Crippen LogP) is 4.39. The third kappa shape index (κ3) is 2.96. The van der Waals surface area contributed by atoms with Gasteiger partial charge in [0.2, 0.25) is 0 Å². The predicted molar refractivity (Wildman–Crippen MR) is 94.0 cm³/mol. The third-order valence-corrected chi connectivity index (χ3v) is 4.71. The minimum Gasteiger partial charge on any atom is -0.312 e. The van der Waals surface area contributed by atoms with E-state index < -0.39 is 0 Å². The summed E-state index contributed by atoms with van der Waals surface area (Å²) in [6.45, 7) is 4.40. The molecule has 22 heavy (non-hydrogen) atoms. The van der Waals surface area contributed by atoms with Gasteiger partial charge >= 0.3 is 0 Å². The summed E-state index contributed by atoms with van der Waals surface area (Å²) in [5.41, 5.74) is 1.64. The van der Waals surface area contributed by atoms with Crippen molar-refractivity contribution in [3.8, 4) is 0 Å². The number of nitrogens with zero attached hydrogens (tertiary/aromatic N) is 2. The van der Waals surface area contributed by atoms with Crippen LogP contribution in [-0.2, 0) is 6.54 Å². The van der Waals surface area contributed by atoms with Crippen molar-refractivity contribution >= 4 is 43.4 Å². The number of carbonyl (C=O) groups is 1. The van der Waals surface area contributed by atoms with E-state index in [9.17, 15) is 4.79 Å². The molecule has 0 aliphatic rings. The van der Waals surface area contributed by atoms with Crippen LogP contribution in [0.5, 0.6) is 0 Å². The smallest absolute Gasteiger partial charge is 0.279 e. The van der Waals surface area contributed by atoms with Gasteiger partial charge in [-0.15, -0.1) is 6.58 Å². The number of fused-ring (bicyclic) bond motifs is 1. The van der Waals surface area contributed by atoms with Crippen LogP contribution in [0.25, 0.3) is 10.2 Å². The fourth-order valence-corrected chi connectivity index (χ4v) is 3.76. The molecule has 0 saturated carbocycles. The zero-order chi connectivity index (χ0) is 15.5. The zero-order valence-corrected chi connectivity index (χ0v) is 14.1. The first kappa shape index (κ1) is 14.9. The molecule has 0 aliphatic heterocycles. The molecule has 5 heteroatoms. The Bertz CT molecular complexity index is 909. The summed E-state index contributed by atoms with van der Waals surface area (Å²) >= 11 is 4.97. The molecule has 0 unspecified atom stereocenters. The lowest BCUT2D eigenvalue weighted by Crippen LogP contribution is -2.16. The molecule has 0 fully saturated rings. The van der Waals surface area contributed by atoms with E-state index in [0.29, 0.717) is 16.9 Å². The molecular weight excluding hydrogens is 360 g/mol. The monoisotopic (exact) mass is 372 g/mol. The molecule has 0 saturated heterocycles. The van der Waals surface area contributed by atoms with Gasteiger partial charge < -0.3 is 4.57 Å². The van der Waals surface area contributed by atoms with Crippen LogP contribution in [0, 0.1) is 0 Å². The summed E-state index contributed by atoms with van der Waals surface area (Å²) in [6, 6.07) is 15.1. The van der Waals surface area contributed by atoms with Gasteiger partial charge in [0.05, 0.1) is 10.2 Å². The number of carbonyl (C=O) groups excluding carboxylic acids is 1. The maximum Gasteiger partial charge on any atom is 0.279 e. The summed E-state index contributed by atoms with van der Waals surface area (Å²) in [4.78, 5) is 17.3. The minimum atomic E-state index is -0.232. The maximum absolute atomic E-state index is 12.3. The number of hydrogen-bond acceptors (Lipinski definition) is 2. The lowest BCUT2D eigenvalue weighted by Gasteiger charge is -2.01. The topological polar surface area (TPSA) is 34.4 Å². The quantitative estimate of drug-likeness (QED) is 0.627. The summed E-state index contributed by atoms with van der Waals surface area (Å²) in [7, 11) is 0. The Morgan fingerprint density at radius 3 is 2.77 bits per heavy atom. The second-order valence-corrected chi connectivity index (χ2v) is 6.60. The van der Waals surface area contributed by atoms with Crippen LogP contribution in [0.15, 0.2) is 70.7 Å². The van der Waals surface area contributed by atoms with Crippen LogP contribution in [0.1, 0.15) is 10.4 Å². The normalized spacial score (nSPS) is 11.8. The van der Waals surface area contributed by atoms with Crippen molar-refractivity contribution in [3.05, 3.63) is 76.0 Å². The second-order valence-electron chi connectivity index (χ2n) is 4.68. The van der Waals surface area contributed by atoms with Gasteiger partial charge in [0.25, 0.3) is 5.91 Å². The first-order chi connectivity index (χ1) is 10.7. The number of aromatic nitrogens is 1. The first-order valence-electron chi connectivity index (χ1n) is 6.73. The van der Waals surface area contributed by atoms with E-state index in [1.165, 1.54) is 11.3 Å². The number of amides is 1. The fraction of sp³-hybridized carbons (Fsp3) is 0.0588. The van der Waals surface area contributed by atoms with Crippen LogP contribution in [-0.4, -0.2) is 10.5 Å². The van der Waals surface area contributed by atoms with Crippen molar-refractivity contribution in [1.82, 2.24) is 4.57 Å². The van der Waals surface area contributed by atoms with Crippen molar-refractivity contribution in [3.63, 3.8) is 0 Å². The average molecular weight is 373 g/mol. The number of allylic oxidation sites excluding steroid dienone is 1. The van der Waals surface area contributed by atoms with E-state index in [2.05, 4.69) is 27.5 Å². The van der Waals surface area contributed by atoms with Gasteiger partial charge in [-0.05, 0) is 30.3 Å². The lowest BCUT2D eigenvalue weighted by molar-refractivity contribution is 0.0998. The molecule has 1 heterocycles. The maximum atomic E-state index is 12.3. The Morgan fingerprint density at radius 1 is 1.27 bits per heavy atom. The molecule has 110 valence electrons. The molecule has 3 rings (SSSR count). The zero-order valence-electron chi connectivity index (χ0n) is 11.7. The van der Waals surface area contributed by atoms with E-state index in [4.69, 9.17) is 0 Å². The third-order valence-electron chi connectivity index (χ3n) is 3.17.